The average Bonchev–Trinajstić information content (AvgIpc) is 3.71. The Kier molecular flexibility index (Phi) is 7.47. The number of aryl methyl sites for hydroxylation is 1. The molecule has 1 N–H and O–H groups in total. The maximum atomic E-state index is 12.4. The van der Waals surface area contributed by atoms with E-state index in [1.807, 2.05) is 26.0 Å². The number of carbonyl (C=O) groups is 1. The largest absolute Gasteiger partial charge is 0.497 e. The lowest BCUT2D eigenvalue weighted by atomic mass is 9.93. The summed E-state index contributed by atoms with van der Waals surface area (Å²) in [6.45, 7) is 8.60. The van der Waals surface area contributed by atoms with Crippen LogP contribution in [0.5, 0.6) is 5.75 Å². The summed E-state index contributed by atoms with van der Waals surface area (Å²) in [5.41, 5.74) is 6.71. The molecular weight excluding hydrogens is 488 g/mol. The monoisotopic (exact) mass is 524 g/mol. The summed E-state index contributed by atoms with van der Waals surface area (Å²) in [5.74, 6) is 1.74. The van der Waals surface area contributed by atoms with E-state index in [4.69, 9.17) is 14.0 Å². The molecule has 0 aliphatic heterocycles. The van der Waals surface area contributed by atoms with E-state index >= 15 is 0 Å². The molecule has 0 amide bonds. The minimum atomic E-state index is -0.450. The van der Waals surface area contributed by atoms with Crippen LogP contribution in [0.2, 0.25) is 0 Å². The maximum absolute atomic E-state index is 12.4. The zero-order chi connectivity index (χ0) is 27.6. The molecule has 1 fully saturated rings. The number of hydrogen-bond acceptors (Lipinski definition) is 6. The summed E-state index contributed by atoms with van der Waals surface area (Å²) >= 11 is 0. The zero-order valence-corrected chi connectivity index (χ0v) is 23.3. The van der Waals surface area contributed by atoms with Gasteiger partial charge in [0.1, 0.15) is 17.1 Å². The van der Waals surface area contributed by atoms with Gasteiger partial charge in [0.15, 0.2) is 5.76 Å². The second kappa shape index (κ2) is 11.0. The van der Waals surface area contributed by atoms with Gasteiger partial charge in [0.25, 0.3) is 0 Å². The number of carbonyl (C=O) groups excluding carboxylic acids is 1. The van der Waals surface area contributed by atoms with Gasteiger partial charge in [-0.2, -0.15) is 0 Å². The van der Waals surface area contributed by atoms with Gasteiger partial charge in [-0.05, 0) is 68.0 Å². The van der Waals surface area contributed by atoms with E-state index < -0.39 is 5.41 Å². The molecule has 6 heteroatoms. The van der Waals surface area contributed by atoms with Gasteiger partial charge in [-0.1, -0.05) is 72.7 Å². The van der Waals surface area contributed by atoms with Crippen LogP contribution in [0.3, 0.4) is 0 Å². The standard InChI is InChI=1S/C33H36N2O4/c1-6-38-32(36)33(19-20-33)28-15-11-26(12-16-28)25-7-9-27(10-8-25)31-30(23(4)35-39-31)34-22(3)21(2)24-13-17-29(37-5)18-14-24/h7-18,21-22,34H,6,19-20H2,1-5H3. The van der Waals surface area contributed by atoms with Crippen molar-refractivity contribution in [3.05, 3.63) is 89.6 Å². The molecule has 0 saturated heterocycles. The molecular formula is C33H36N2O4. The fourth-order valence-electron chi connectivity index (χ4n) is 5.09. The summed E-state index contributed by atoms with van der Waals surface area (Å²) < 4.78 is 16.4. The highest BCUT2D eigenvalue weighted by atomic mass is 16.5. The second-order valence-electron chi connectivity index (χ2n) is 10.4. The first-order valence-electron chi connectivity index (χ1n) is 13.6. The molecule has 39 heavy (non-hydrogen) atoms. The predicted octanol–water partition coefficient (Wildman–Crippen LogP) is 7.52. The van der Waals surface area contributed by atoms with E-state index in [2.05, 4.69) is 85.0 Å². The fourth-order valence-corrected chi connectivity index (χ4v) is 5.09. The number of benzene rings is 3. The number of nitrogens with one attached hydrogen (secondary N) is 1. The van der Waals surface area contributed by atoms with Crippen molar-refractivity contribution >= 4 is 11.7 Å². The Hall–Kier alpha value is -4.06. The molecule has 0 radical (unpaired) electrons. The van der Waals surface area contributed by atoms with Gasteiger partial charge in [-0.25, -0.2) is 0 Å². The van der Waals surface area contributed by atoms with Gasteiger partial charge in [0.2, 0.25) is 0 Å². The molecule has 1 aromatic heterocycles. The third-order valence-corrected chi connectivity index (χ3v) is 7.96. The molecule has 1 aliphatic carbocycles. The van der Waals surface area contributed by atoms with Crippen LogP contribution in [0.25, 0.3) is 22.5 Å². The quantitative estimate of drug-likeness (QED) is 0.216. The lowest BCUT2D eigenvalue weighted by Crippen LogP contribution is -2.23. The molecule has 3 aromatic carbocycles. The van der Waals surface area contributed by atoms with Crippen molar-refractivity contribution in [1.29, 1.82) is 0 Å². The van der Waals surface area contributed by atoms with Crippen LogP contribution in [-0.2, 0) is 14.9 Å². The summed E-state index contributed by atoms with van der Waals surface area (Å²) in [6, 6.07) is 24.9. The number of nitrogens with zero attached hydrogens (tertiary/aromatic N) is 1. The highest BCUT2D eigenvalue weighted by Crippen LogP contribution is 2.49. The molecule has 1 aliphatic rings. The van der Waals surface area contributed by atoms with E-state index in [0.717, 1.165) is 58.0 Å². The van der Waals surface area contributed by atoms with Gasteiger partial charge in [-0.15, -0.1) is 0 Å². The van der Waals surface area contributed by atoms with E-state index in [-0.39, 0.29) is 17.9 Å². The number of methoxy groups -OCH3 is 1. The maximum Gasteiger partial charge on any atom is 0.316 e. The molecule has 1 saturated carbocycles. The van der Waals surface area contributed by atoms with Crippen molar-refractivity contribution < 1.29 is 18.8 Å². The van der Waals surface area contributed by atoms with Crippen molar-refractivity contribution in [3.8, 4) is 28.2 Å². The van der Waals surface area contributed by atoms with Gasteiger partial charge in [-0.3, -0.25) is 4.79 Å². The van der Waals surface area contributed by atoms with E-state index in [9.17, 15) is 4.79 Å². The Morgan fingerprint density at radius 3 is 2.10 bits per heavy atom. The minimum Gasteiger partial charge on any atom is -0.497 e. The van der Waals surface area contributed by atoms with Crippen LogP contribution in [-0.4, -0.2) is 30.9 Å². The number of aromatic nitrogens is 1. The third-order valence-electron chi connectivity index (χ3n) is 7.96. The van der Waals surface area contributed by atoms with Crippen LogP contribution in [0.15, 0.2) is 77.3 Å². The zero-order valence-electron chi connectivity index (χ0n) is 23.3. The van der Waals surface area contributed by atoms with Crippen molar-refractivity contribution in [2.24, 2.45) is 0 Å². The average molecular weight is 525 g/mol. The van der Waals surface area contributed by atoms with Crippen LogP contribution in [0, 0.1) is 6.92 Å². The first-order valence-corrected chi connectivity index (χ1v) is 13.6. The molecule has 2 unspecified atom stereocenters. The van der Waals surface area contributed by atoms with Gasteiger partial charge in [0, 0.05) is 17.5 Å². The molecule has 4 aromatic rings. The van der Waals surface area contributed by atoms with Gasteiger partial charge < -0.3 is 19.3 Å². The summed E-state index contributed by atoms with van der Waals surface area (Å²) in [6.07, 6.45) is 1.70. The Morgan fingerprint density at radius 1 is 0.949 bits per heavy atom. The first kappa shape index (κ1) is 26.5. The van der Waals surface area contributed by atoms with Crippen molar-refractivity contribution in [1.82, 2.24) is 5.16 Å². The molecule has 0 spiro atoms. The number of ether oxygens (including phenoxy) is 2. The highest BCUT2D eigenvalue weighted by Gasteiger charge is 2.52. The van der Waals surface area contributed by atoms with Crippen molar-refractivity contribution in [2.75, 3.05) is 19.0 Å². The Labute approximate surface area is 230 Å². The van der Waals surface area contributed by atoms with E-state index in [0.29, 0.717) is 6.61 Å². The Bertz CT molecular complexity index is 1420. The van der Waals surface area contributed by atoms with Crippen LogP contribution < -0.4 is 10.1 Å². The Morgan fingerprint density at radius 2 is 1.54 bits per heavy atom. The lowest BCUT2D eigenvalue weighted by Gasteiger charge is -2.23. The van der Waals surface area contributed by atoms with Gasteiger partial charge in [0.05, 0.1) is 19.1 Å². The van der Waals surface area contributed by atoms with Gasteiger partial charge >= 0.3 is 5.97 Å². The molecule has 0 bridgehead atoms. The Balaban J connectivity index is 1.31. The molecule has 202 valence electrons. The molecule has 5 rings (SSSR count). The topological polar surface area (TPSA) is 73.6 Å². The first-order chi connectivity index (χ1) is 18.9. The number of esters is 1. The molecule has 2 atom stereocenters. The molecule has 6 nitrogen and oxygen atoms in total. The van der Waals surface area contributed by atoms with E-state index in [1.54, 1.807) is 7.11 Å². The minimum absolute atomic E-state index is 0.110. The molecule has 1 heterocycles. The summed E-state index contributed by atoms with van der Waals surface area (Å²) in [5, 5.41) is 7.90. The summed E-state index contributed by atoms with van der Waals surface area (Å²) in [7, 11) is 1.68. The normalized spacial score (nSPS) is 15.3. The second-order valence-corrected chi connectivity index (χ2v) is 10.4. The summed E-state index contributed by atoms with van der Waals surface area (Å²) in [4.78, 5) is 12.4. The fraction of sp³-hybridized carbons (Fsp3) is 0.333. The number of hydrogen-bond donors (Lipinski definition) is 1. The number of rotatable bonds is 10. The van der Waals surface area contributed by atoms with Crippen LogP contribution in [0.1, 0.15) is 56.4 Å². The van der Waals surface area contributed by atoms with Crippen LogP contribution in [0.4, 0.5) is 5.69 Å². The van der Waals surface area contributed by atoms with Crippen molar-refractivity contribution in [2.45, 2.75) is 57.9 Å². The lowest BCUT2D eigenvalue weighted by molar-refractivity contribution is -0.146. The van der Waals surface area contributed by atoms with E-state index in [1.165, 1.54) is 5.56 Å². The van der Waals surface area contributed by atoms with Crippen LogP contribution >= 0.6 is 0 Å². The van der Waals surface area contributed by atoms with Crippen molar-refractivity contribution in [3.63, 3.8) is 0 Å². The smallest absolute Gasteiger partial charge is 0.316 e. The number of anilines is 1. The highest BCUT2D eigenvalue weighted by molar-refractivity contribution is 5.87. The SMILES string of the molecule is CCOC(=O)C1(c2ccc(-c3ccc(-c4onc(C)c4NC(C)C(C)c4ccc(OC)cc4)cc3)cc2)CC1. The predicted molar refractivity (Wildman–Crippen MR) is 154 cm³/mol. The third kappa shape index (κ3) is 5.29.